The summed E-state index contributed by atoms with van der Waals surface area (Å²) in [5.74, 6) is -1.19. The maximum Gasteiger partial charge on any atom is 0.320 e. The molecule has 1 fully saturated rings. The lowest BCUT2D eigenvalue weighted by Crippen LogP contribution is -2.48. The fraction of sp³-hybridized carbons (Fsp3) is 0.833. The van der Waals surface area contributed by atoms with Crippen molar-refractivity contribution in [3.05, 3.63) is 0 Å². The van der Waals surface area contributed by atoms with Crippen LogP contribution in [0.2, 0.25) is 0 Å². The minimum atomic E-state index is -0.791. The summed E-state index contributed by atoms with van der Waals surface area (Å²) >= 11 is 0. The van der Waals surface area contributed by atoms with Gasteiger partial charge in [-0.25, -0.2) is 4.79 Å². The third-order valence-corrected chi connectivity index (χ3v) is 3.19. The highest BCUT2D eigenvalue weighted by Crippen LogP contribution is 2.18. The van der Waals surface area contributed by atoms with Gasteiger partial charge < -0.3 is 14.9 Å². The summed E-state index contributed by atoms with van der Waals surface area (Å²) in [5, 5.41) is 8.99. The van der Waals surface area contributed by atoms with Crippen molar-refractivity contribution in [1.29, 1.82) is 0 Å². The van der Waals surface area contributed by atoms with Crippen molar-refractivity contribution < 1.29 is 14.7 Å². The van der Waals surface area contributed by atoms with Crippen LogP contribution in [0.15, 0.2) is 0 Å². The van der Waals surface area contributed by atoms with E-state index in [-0.39, 0.29) is 6.03 Å². The molecular formula is C12H22N2O3. The molecule has 0 aliphatic carbocycles. The topological polar surface area (TPSA) is 60.9 Å². The van der Waals surface area contributed by atoms with Crippen molar-refractivity contribution in [3.8, 4) is 0 Å². The number of hydrogen-bond acceptors (Lipinski definition) is 2. The molecule has 98 valence electrons. The molecule has 1 saturated heterocycles. The van der Waals surface area contributed by atoms with E-state index in [1.807, 2.05) is 13.8 Å². The lowest BCUT2D eigenvalue weighted by atomic mass is 9.99. The van der Waals surface area contributed by atoms with Crippen LogP contribution in [0.1, 0.15) is 33.1 Å². The van der Waals surface area contributed by atoms with E-state index < -0.39 is 11.9 Å². The van der Waals surface area contributed by atoms with Gasteiger partial charge in [0.15, 0.2) is 0 Å². The zero-order chi connectivity index (χ0) is 12.8. The smallest absolute Gasteiger partial charge is 0.320 e. The number of likely N-dealkylation sites (tertiary alicyclic amines) is 1. The minimum Gasteiger partial charge on any atom is -0.481 e. The number of aliphatic carboxylic acids is 1. The van der Waals surface area contributed by atoms with Crippen LogP contribution in [0.3, 0.4) is 0 Å². The van der Waals surface area contributed by atoms with Crippen LogP contribution >= 0.6 is 0 Å². The van der Waals surface area contributed by atoms with Gasteiger partial charge in [0.25, 0.3) is 0 Å². The molecule has 0 saturated carbocycles. The number of nitrogens with zero attached hydrogens (tertiary/aromatic N) is 2. The van der Waals surface area contributed by atoms with Crippen molar-refractivity contribution >= 4 is 12.0 Å². The summed E-state index contributed by atoms with van der Waals surface area (Å²) in [7, 11) is 0. The molecule has 0 bridgehead atoms. The Bertz CT molecular complexity index is 281. The van der Waals surface area contributed by atoms with Gasteiger partial charge in [-0.1, -0.05) is 6.92 Å². The number of carbonyl (C=O) groups excluding carboxylic acids is 1. The predicted molar refractivity (Wildman–Crippen MR) is 64.9 cm³/mol. The molecule has 0 radical (unpaired) electrons. The van der Waals surface area contributed by atoms with E-state index in [4.69, 9.17) is 5.11 Å². The standard InChI is InChI=1S/C12H22N2O3/c1-3-7-13(4-2)12(17)14-8-5-6-10(9-14)11(15)16/h10H,3-9H2,1-2H3,(H,15,16)/t10-/m0/s1. The number of carboxylic acid groups (broad SMARTS) is 1. The van der Waals surface area contributed by atoms with Crippen LogP contribution in [0, 0.1) is 5.92 Å². The van der Waals surface area contributed by atoms with E-state index in [1.54, 1.807) is 9.80 Å². The first-order valence-corrected chi connectivity index (χ1v) is 6.36. The van der Waals surface area contributed by atoms with Gasteiger partial charge in [0.05, 0.1) is 5.92 Å². The van der Waals surface area contributed by atoms with Crippen molar-refractivity contribution in [2.45, 2.75) is 33.1 Å². The Morgan fingerprint density at radius 1 is 1.41 bits per heavy atom. The van der Waals surface area contributed by atoms with E-state index in [0.717, 1.165) is 19.4 Å². The fourth-order valence-electron chi connectivity index (χ4n) is 2.21. The molecule has 5 heteroatoms. The summed E-state index contributed by atoms with van der Waals surface area (Å²) in [4.78, 5) is 26.5. The molecule has 1 aliphatic rings. The first kappa shape index (κ1) is 13.8. The summed E-state index contributed by atoms with van der Waals surface area (Å²) in [5.41, 5.74) is 0. The number of hydrogen-bond donors (Lipinski definition) is 1. The van der Waals surface area contributed by atoms with Gasteiger partial charge in [0.2, 0.25) is 0 Å². The van der Waals surface area contributed by atoms with Crippen LogP contribution in [-0.4, -0.2) is 53.1 Å². The molecule has 0 aromatic heterocycles. The quantitative estimate of drug-likeness (QED) is 0.815. The van der Waals surface area contributed by atoms with Crippen LogP contribution in [0.5, 0.6) is 0 Å². The van der Waals surface area contributed by atoms with Crippen molar-refractivity contribution in [2.75, 3.05) is 26.2 Å². The highest BCUT2D eigenvalue weighted by atomic mass is 16.4. The second-order valence-corrected chi connectivity index (χ2v) is 4.49. The Morgan fingerprint density at radius 2 is 2.12 bits per heavy atom. The van der Waals surface area contributed by atoms with Crippen molar-refractivity contribution in [1.82, 2.24) is 9.80 Å². The minimum absolute atomic E-state index is 0.0136. The van der Waals surface area contributed by atoms with E-state index in [2.05, 4.69) is 0 Å². The lowest BCUT2D eigenvalue weighted by Gasteiger charge is -2.34. The normalized spacial score (nSPS) is 20.1. The van der Waals surface area contributed by atoms with E-state index >= 15 is 0 Å². The van der Waals surface area contributed by atoms with Gasteiger partial charge in [0.1, 0.15) is 0 Å². The molecule has 0 aromatic rings. The number of piperidine rings is 1. The van der Waals surface area contributed by atoms with Crippen LogP contribution in [0.25, 0.3) is 0 Å². The SMILES string of the molecule is CCCN(CC)C(=O)N1CCC[C@H](C(=O)O)C1. The summed E-state index contributed by atoms with van der Waals surface area (Å²) in [6.45, 7) is 6.44. The Morgan fingerprint density at radius 3 is 2.65 bits per heavy atom. The van der Waals surface area contributed by atoms with Gasteiger partial charge >= 0.3 is 12.0 Å². The van der Waals surface area contributed by atoms with Gasteiger partial charge in [-0.3, -0.25) is 4.79 Å². The maximum absolute atomic E-state index is 12.1. The van der Waals surface area contributed by atoms with Crippen molar-refractivity contribution in [2.24, 2.45) is 5.92 Å². The van der Waals surface area contributed by atoms with E-state index in [9.17, 15) is 9.59 Å². The summed E-state index contributed by atoms with van der Waals surface area (Å²) in [6.07, 6.45) is 2.39. The number of amides is 2. The zero-order valence-corrected chi connectivity index (χ0v) is 10.7. The monoisotopic (exact) mass is 242 g/mol. The van der Waals surface area contributed by atoms with Crippen LogP contribution < -0.4 is 0 Å². The molecule has 17 heavy (non-hydrogen) atoms. The molecule has 1 rings (SSSR count). The molecule has 5 nitrogen and oxygen atoms in total. The molecule has 0 spiro atoms. The molecular weight excluding hydrogens is 220 g/mol. The highest BCUT2D eigenvalue weighted by Gasteiger charge is 2.29. The summed E-state index contributed by atoms with van der Waals surface area (Å²) in [6, 6.07) is -0.0136. The Labute approximate surface area is 102 Å². The molecule has 1 heterocycles. The third kappa shape index (κ3) is 3.61. The average Bonchev–Trinajstić information content (AvgIpc) is 2.35. The van der Waals surface area contributed by atoms with E-state index in [0.29, 0.717) is 26.1 Å². The Kier molecular flexibility index (Phi) is 5.25. The molecule has 2 amide bonds. The largest absolute Gasteiger partial charge is 0.481 e. The van der Waals surface area contributed by atoms with Gasteiger partial charge in [-0.15, -0.1) is 0 Å². The Hall–Kier alpha value is -1.26. The second kappa shape index (κ2) is 6.47. The van der Waals surface area contributed by atoms with Gasteiger partial charge in [0, 0.05) is 26.2 Å². The number of urea groups is 1. The first-order chi connectivity index (χ1) is 8.10. The van der Waals surface area contributed by atoms with Gasteiger partial charge in [-0.05, 0) is 26.2 Å². The number of carbonyl (C=O) groups is 2. The molecule has 0 unspecified atom stereocenters. The number of rotatable bonds is 4. The summed E-state index contributed by atoms with van der Waals surface area (Å²) < 4.78 is 0. The van der Waals surface area contributed by atoms with E-state index in [1.165, 1.54) is 0 Å². The first-order valence-electron chi connectivity index (χ1n) is 6.36. The van der Waals surface area contributed by atoms with Crippen LogP contribution in [0.4, 0.5) is 4.79 Å². The lowest BCUT2D eigenvalue weighted by molar-refractivity contribution is -0.143. The number of carboxylic acids is 1. The van der Waals surface area contributed by atoms with Crippen LogP contribution in [-0.2, 0) is 4.79 Å². The second-order valence-electron chi connectivity index (χ2n) is 4.49. The fourth-order valence-corrected chi connectivity index (χ4v) is 2.21. The maximum atomic E-state index is 12.1. The highest BCUT2D eigenvalue weighted by molar-refractivity contribution is 5.76. The molecule has 1 aliphatic heterocycles. The molecule has 0 aromatic carbocycles. The third-order valence-electron chi connectivity index (χ3n) is 3.19. The molecule has 1 N–H and O–H groups in total. The average molecular weight is 242 g/mol. The predicted octanol–water partition coefficient (Wildman–Crippen LogP) is 1.63. The zero-order valence-electron chi connectivity index (χ0n) is 10.7. The van der Waals surface area contributed by atoms with Crippen molar-refractivity contribution in [3.63, 3.8) is 0 Å². The Balaban J connectivity index is 2.58. The van der Waals surface area contributed by atoms with Gasteiger partial charge in [-0.2, -0.15) is 0 Å². The molecule has 1 atom stereocenters.